The highest BCUT2D eigenvalue weighted by atomic mass is 16.5. The number of methoxy groups -OCH3 is 1. The Morgan fingerprint density at radius 1 is 1.07 bits per heavy atom. The van der Waals surface area contributed by atoms with Crippen LogP contribution in [-0.2, 0) is 20.7 Å². The van der Waals surface area contributed by atoms with Crippen LogP contribution in [0.1, 0.15) is 51.0 Å². The number of nitrogens with zero attached hydrogens (tertiary/aromatic N) is 2. The number of nitrogens with one attached hydrogen (secondary N) is 1. The number of carbonyl (C=O) groups is 2. The smallest absolute Gasteiger partial charge is 0.246 e. The Hall–Kier alpha value is -1.92. The number of likely N-dealkylation sites (tertiary alicyclic amines) is 1. The van der Waals surface area contributed by atoms with Crippen LogP contribution < -0.4 is 5.32 Å². The van der Waals surface area contributed by atoms with E-state index in [-0.39, 0.29) is 11.8 Å². The topological polar surface area (TPSA) is 61.9 Å². The van der Waals surface area contributed by atoms with Crippen LogP contribution in [-0.4, -0.2) is 73.1 Å². The van der Waals surface area contributed by atoms with E-state index < -0.39 is 11.6 Å². The second kappa shape index (κ2) is 10.9. The normalized spacial score (nSPS) is 21.8. The fraction of sp³-hybridized carbons (Fsp3) is 0.667. The van der Waals surface area contributed by atoms with Crippen LogP contribution in [0.4, 0.5) is 0 Å². The molecular weight excluding hydrogens is 378 g/mol. The summed E-state index contributed by atoms with van der Waals surface area (Å²) >= 11 is 0. The van der Waals surface area contributed by atoms with Gasteiger partial charge in [-0.1, -0.05) is 56.5 Å². The molecule has 1 atom stereocenters. The Morgan fingerprint density at radius 2 is 1.80 bits per heavy atom. The molecule has 0 aromatic heterocycles. The third-order valence-electron chi connectivity index (χ3n) is 6.62. The number of hydrogen-bond acceptors (Lipinski definition) is 4. The molecule has 0 bridgehead atoms. The summed E-state index contributed by atoms with van der Waals surface area (Å²) in [5.41, 5.74) is 0.323. The third-order valence-corrected chi connectivity index (χ3v) is 6.62. The molecule has 166 valence electrons. The van der Waals surface area contributed by atoms with E-state index in [0.29, 0.717) is 32.4 Å². The van der Waals surface area contributed by atoms with E-state index in [0.717, 1.165) is 25.2 Å². The van der Waals surface area contributed by atoms with E-state index in [1.807, 2.05) is 35.2 Å². The number of benzene rings is 1. The highest BCUT2D eigenvalue weighted by Gasteiger charge is 2.53. The van der Waals surface area contributed by atoms with E-state index in [4.69, 9.17) is 4.74 Å². The van der Waals surface area contributed by atoms with Gasteiger partial charge in [0.1, 0.15) is 11.6 Å². The Morgan fingerprint density at radius 3 is 2.47 bits per heavy atom. The predicted octanol–water partition coefficient (Wildman–Crippen LogP) is 2.62. The maximum absolute atomic E-state index is 13.4. The molecule has 2 saturated heterocycles. The van der Waals surface area contributed by atoms with Gasteiger partial charge >= 0.3 is 0 Å². The van der Waals surface area contributed by atoms with Crippen LogP contribution in [0.15, 0.2) is 30.3 Å². The molecule has 6 nitrogen and oxygen atoms in total. The largest absolute Gasteiger partial charge is 0.383 e. The minimum absolute atomic E-state index is 0.00441. The van der Waals surface area contributed by atoms with Gasteiger partial charge in [0, 0.05) is 33.2 Å². The summed E-state index contributed by atoms with van der Waals surface area (Å²) in [5.74, 6) is 0.0247. The van der Waals surface area contributed by atoms with Gasteiger partial charge in [-0.15, -0.1) is 0 Å². The molecule has 0 radical (unpaired) electrons. The van der Waals surface area contributed by atoms with Gasteiger partial charge < -0.3 is 19.9 Å². The van der Waals surface area contributed by atoms with E-state index in [2.05, 4.69) is 17.1 Å². The average molecular weight is 416 g/mol. The van der Waals surface area contributed by atoms with Crippen molar-refractivity contribution in [2.45, 2.75) is 63.5 Å². The SMILES string of the molecule is CCCCCCN1CCC2(CC1)C(=O)NC(Cc1ccccc1)C(=O)N2CCOC. The van der Waals surface area contributed by atoms with E-state index in [9.17, 15) is 9.59 Å². The number of ether oxygens (including phenoxy) is 1. The van der Waals surface area contributed by atoms with E-state index in [1.165, 1.54) is 25.7 Å². The Bertz CT molecular complexity index is 686. The standard InChI is InChI=1S/C24H37N3O3/c1-3-4-5-9-14-26-15-12-24(13-16-26)23(29)25-21(19-20-10-7-6-8-11-20)22(28)27(24)17-18-30-2/h6-8,10-11,21H,3-5,9,12-19H2,1-2H3,(H,25,29). The lowest BCUT2D eigenvalue weighted by Crippen LogP contribution is -2.73. The number of unbranched alkanes of at least 4 members (excludes halogenated alkanes) is 3. The molecule has 1 spiro atoms. The molecule has 2 heterocycles. The van der Waals surface area contributed by atoms with Crippen molar-refractivity contribution in [3.63, 3.8) is 0 Å². The summed E-state index contributed by atoms with van der Waals surface area (Å²) in [6, 6.07) is 9.38. The second-order valence-corrected chi connectivity index (χ2v) is 8.63. The zero-order chi connectivity index (χ0) is 21.4. The molecule has 0 aliphatic carbocycles. The first-order valence-electron chi connectivity index (χ1n) is 11.5. The van der Waals surface area contributed by atoms with Gasteiger partial charge in [-0.25, -0.2) is 0 Å². The lowest BCUT2D eigenvalue weighted by molar-refractivity contribution is -0.162. The highest BCUT2D eigenvalue weighted by molar-refractivity contribution is 6.00. The minimum Gasteiger partial charge on any atom is -0.383 e. The van der Waals surface area contributed by atoms with Crippen molar-refractivity contribution in [1.29, 1.82) is 0 Å². The van der Waals surface area contributed by atoms with Gasteiger partial charge in [0.05, 0.1) is 6.61 Å². The molecule has 1 aromatic carbocycles. The van der Waals surface area contributed by atoms with Crippen molar-refractivity contribution in [3.8, 4) is 0 Å². The molecule has 3 rings (SSSR count). The van der Waals surface area contributed by atoms with Crippen LogP contribution in [0.2, 0.25) is 0 Å². The van der Waals surface area contributed by atoms with Gasteiger partial charge in [0.2, 0.25) is 11.8 Å². The summed E-state index contributed by atoms with van der Waals surface area (Å²) in [7, 11) is 1.64. The van der Waals surface area contributed by atoms with Crippen LogP contribution in [0.25, 0.3) is 0 Å². The molecule has 2 fully saturated rings. The minimum atomic E-state index is -0.733. The first-order chi connectivity index (χ1) is 14.6. The molecule has 1 aromatic rings. The monoisotopic (exact) mass is 415 g/mol. The fourth-order valence-electron chi connectivity index (χ4n) is 4.78. The molecule has 6 heteroatoms. The molecule has 1 N–H and O–H groups in total. The predicted molar refractivity (Wildman–Crippen MR) is 118 cm³/mol. The van der Waals surface area contributed by atoms with E-state index in [1.54, 1.807) is 7.11 Å². The van der Waals surface area contributed by atoms with Crippen molar-refractivity contribution in [2.75, 3.05) is 39.9 Å². The lowest BCUT2D eigenvalue weighted by atomic mass is 9.81. The molecular formula is C24H37N3O3. The molecule has 0 saturated carbocycles. The summed E-state index contributed by atoms with van der Waals surface area (Å²) in [4.78, 5) is 31.0. The van der Waals surface area contributed by atoms with Gasteiger partial charge in [-0.2, -0.15) is 0 Å². The van der Waals surface area contributed by atoms with Gasteiger partial charge in [-0.05, 0) is 31.4 Å². The summed E-state index contributed by atoms with van der Waals surface area (Å²) in [6.45, 7) is 5.94. The quantitative estimate of drug-likeness (QED) is 0.597. The zero-order valence-electron chi connectivity index (χ0n) is 18.6. The van der Waals surface area contributed by atoms with Crippen LogP contribution >= 0.6 is 0 Å². The Kier molecular flexibility index (Phi) is 8.28. The van der Waals surface area contributed by atoms with Gasteiger partial charge in [0.15, 0.2) is 0 Å². The number of piperidine rings is 1. The summed E-state index contributed by atoms with van der Waals surface area (Å²) < 4.78 is 5.28. The maximum Gasteiger partial charge on any atom is 0.246 e. The number of piperazine rings is 1. The number of rotatable bonds is 10. The van der Waals surface area contributed by atoms with Crippen molar-refractivity contribution in [2.24, 2.45) is 0 Å². The van der Waals surface area contributed by atoms with Crippen molar-refractivity contribution < 1.29 is 14.3 Å². The van der Waals surface area contributed by atoms with Crippen molar-refractivity contribution in [3.05, 3.63) is 35.9 Å². The van der Waals surface area contributed by atoms with Crippen molar-refractivity contribution >= 4 is 11.8 Å². The van der Waals surface area contributed by atoms with Crippen LogP contribution in [0.5, 0.6) is 0 Å². The summed E-state index contributed by atoms with van der Waals surface area (Å²) in [6.07, 6.45) is 6.90. The second-order valence-electron chi connectivity index (χ2n) is 8.63. The highest BCUT2D eigenvalue weighted by Crippen LogP contribution is 2.33. The van der Waals surface area contributed by atoms with Crippen LogP contribution in [0, 0.1) is 0 Å². The molecule has 1 unspecified atom stereocenters. The van der Waals surface area contributed by atoms with Crippen LogP contribution in [0.3, 0.4) is 0 Å². The number of amides is 2. The van der Waals surface area contributed by atoms with Crippen molar-refractivity contribution in [1.82, 2.24) is 15.1 Å². The number of carbonyl (C=O) groups excluding carboxylic acids is 2. The molecule has 2 aliphatic rings. The average Bonchev–Trinajstić information content (AvgIpc) is 2.77. The molecule has 2 aliphatic heterocycles. The summed E-state index contributed by atoms with van der Waals surface area (Å²) in [5, 5.41) is 3.07. The molecule has 2 amide bonds. The molecule has 30 heavy (non-hydrogen) atoms. The number of hydrogen-bond donors (Lipinski definition) is 1. The van der Waals surface area contributed by atoms with Gasteiger partial charge in [0.25, 0.3) is 0 Å². The fourth-order valence-corrected chi connectivity index (χ4v) is 4.78. The Balaban J connectivity index is 1.68. The lowest BCUT2D eigenvalue weighted by Gasteiger charge is -2.51. The van der Waals surface area contributed by atoms with E-state index >= 15 is 0 Å². The third kappa shape index (κ3) is 5.22. The maximum atomic E-state index is 13.4. The first kappa shape index (κ1) is 22.8. The Labute approximate surface area is 180 Å². The van der Waals surface area contributed by atoms with Gasteiger partial charge in [-0.3, -0.25) is 9.59 Å². The first-order valence-corrected chi connectivity index (χ1v) is 11.5. The zero-order valence-corrected chi connectivity index (χ0v) is 18.6.